The standard InChI is InChI=1S/C7H14N4O/c1-4(2)6(9)7-10-5(3-8)11-12-7/h4,6H,3,8-9H2,1-2H3. The molecule has 1 atom stereocenters. The lowest BCUT2D eigenvalue weighted by molar-refractivity contribution is 0.322. The minimum absolute atomic E-state index is 0.196. The van der Waals surface area contributed by atoms with Crippen LogP contribution >= 0.6 is 0 Å². The summed E-state index contributed by atoms with van der Waals surface area (Å²) in [5.74, 6) is 1.25. The molecule has 0 amide bonds. The zero-order chi connectivity index (χ0) is 9.14. The van der Waals surface area contributed by atoms with Gasteiger partial charge < -0.3 is 16.0 Å². The van der Waals surface area contributed by atoms with Gasteiger partial charge in [-0.2, -0.15) is 4.98 Å². The highest BCUT2D eigenvalue weighted by Crippen LogP contribution is 2.15. The Hall–Kier alpha value is -0.940. The van der Waals surface area contributed by atoms with E-state index >= 15 is 0 Å². The van der Waals surface area contributed by atoms with Crippen LogP contribution in [0, 0.1) is 5.92 Å². The van der Waals surface area contributed by atoms with Crippen molar-refractivity contribution >= 4 is 0 Å². The lowest BCUT2D eigenvalue weighted by Crippen LogP contribution is -2.17. The van der Waals surface area contributed by atoms with Crippen molar-refractivity contribution in [3.63, 3.8) is 0 Å². The molecule has 0 aliphatic heterocycles. The lowest BCUT2D eigenvalue weighted by atomic mass is 10.1. The van der Waals surface area contributed by atoms with Crippen LogP contribution < -0.4 is 11.5 Å². The van der Waals surface area contributed by atoms with Crippen molar-refractivity contribution in [2.45, 2.75) is 26.4 Å². The summed E-state index contributed by atoms with van der Waals surface area (Å²) in [6.07, 6.45) is 0. The molecule has 1 unspecified atom stereocenters. The maximum atomic E-state index is 5.77. The van der Waals surface area contributed by atoms with Gasteiger partial charge in [0.15, 0.2) is 5.82 Å². The molecule has 1 aromatic heterocycles. The van der Waals surface area contributed by atoms with Crippen LogP contribution in [0.3, 0.4) is 0 Å². The monoisotopic (exact) mass is 170 g/mol. The quantitative estimate of drug-likeness (QED) is 0.675. The predicted molar refractivity (Wildman–Crippen MR) is 44.0 cm³/mol. The van der Waals surface area contributed by atoms with Gasteiger partial charge in [0.25, 0.3) is 0 Å². The molecule has 0 aliphatic carbocycles. The molecule has 1 rings (SSSR count). The van der Waals surface area contributed by atoms with Crippen molar-refractivity contribution in [1.82, 2.24) is 10.1 Å². The van der Waals surface area contributed by atoms with Crippen molar-refractivity contribution in [2.24, 2.45) is 17.4 Å². The minimum Gasteiger partial charge on any atom is -0.338 e. The summed E-state index contributed by atoms with van der Waals surface area (Å²) in [4.78, 5) is 4.02. The van der Waals surface area contributed by atoms with E-state index in [1.165, 1.54) is 0 Å². The zero-order valence-corrected chi connectivity index (χ0v) is 7.32. The summed E-state index contributed by atoms with van der Waals surface area (Å²) in [5.41, 5.74) is 11.1. The van der Waals surface area contributed by atoms with Crippen LogP contribution in [0.4, 0.5) is 0 Å². The molecule has 0 bridgehead atoms. The van der Waals surface area contributed by atoms with Gasteiger partial charge in [0.2, 0.25) is 5.89 Å². The van der Waals surface area contributed by atoms with Crippen molar-refractivity contribution < 1.29 is 4.52 Å². The van der Waals surface area contributed by atoms with E-state index < -0.39 is 0 Å². The number of hydrogen-bond acceptors (Lipinski definition) is 5. The summed E-state index contributed by atoms with van der Waals surface area (Å²) in [6, 6.07) is -0.196. The van der Waals surface area contributed by atoms with Gasteiger partial charge in [-0.15, -0.1) is 0 Å². The molecule has 0 saturated heterocycles. The van der Waals surface area contributed by atoms with Crippen LogP contribution in [0.5, 0.6) is 0 Å². The first-order chi connectivity index (χ1) is 5.65. The summed E-state index contributed by atoms with van der Waals surface area (Å²) < 4.78 is 4.91. The Balaban J connectivity index is 2.74. The largest absolute Gasteiger partial charge is 0.338 e. The van der Waals surface area contributed by atoms with Crippen molar-refractivity contribution in [1.29, 1.82) is 0 Å². The highest BCUT2D eigenvalue weighted by molar-refractivity contribution is 4.92. The number of aromatic nitrogens is 2. The van der Waals surface area contributed by atoms with Gasteiger partial charge >= 0.3 is 0 Å². The van der Waals surface area contributed by atoms with Crippen LogP contribution in [0.2, 0.25) is 0 Å². The molecule has 1 aromatic rings. The molecule has 1 heterocycles. The van der Waals surface area contributed by atoms with Crippen molar-refractivity contribution in [3.05, 3.63) is 11.7 Å². The Morgan fingerprint density at radius 3 is 2.58 bits per heavy atom. The SMILES string of the molecule is CC(C)C(N)c1nc(CN)no1. The lowest BCUT2D eigenvalue weighted by Gasteiger charge is -2.08. The van der Waals surface area contributed by atoms with E-state index in [2.05, 4.69) is 10.1 Å². The Morgan fingerprint density at radius 2 is 2.17 bits per heavy atom. The van der Waals surface area contributed by atoms with Gasteiger partial charge in [-0.05, 0) is 5.92 Å². The molecule has 4 N–H and O–H groups in total. The third-order valence-electron chi connectivity index (χ3n) is 1.67. The molecule has 68 valence electrons. The number of nitrogens with two attached hydrogens (primary N) is 2. The zero-order valence-electron chi connectivity index (χ0n) is 7.32. The van der Waals surface area contributed by atoms with Gasteiger partial charge in [0, 0.05) is 0 Å². The fraction of sp³-hybridized carbons (Fsp3) is 0.714. The first-order valence-corrected chi connectivity index (χ1v) is 3.93. The first-order valence-electron chi connectivity index (χ1n) is 3.93. The Bertz CT molecular complexity index is 245. The molecule has 5 nitrogen and oxygen atoms in total. The van der Waals surface area contributed by atoms with E-state index in [0.717, 1.165) is 0 Å². The van der Waals surface area contributed by atoms with Crippen molar-refractivity contribution in [3.8, 4) is 0 Å². The molecule has 0 aromatic carbocycles. The Morgan fingerprint density at radius 1 is 1.50 bits per heavy atom. The number of nitrogens with zero attached hydrogens (tertiary/aromatic N) is 2. The summed E-state index contributed by atoms with van der Waals surface area (Å²) in [5, 5.41) is 3.65. The van der Waals surface area contributed by atoms with Gasteiger partial charge in [-0.1, -0.05) is 19.0 Å². The summed E-state index contributed by atoms with van der Waals surface area (Å²) in [6.45, 7) is 4.28. The topological polar surface area (TPSA) is 91.0 Å². The highest BCUT2D eigenvalue weighted by atomic mass is 16.5. The van der Waals surface area contributed by atoms with E-state index in [-0.39, 0.29) is 18.5 Å². The fourth-order valence-corrected chi connectivity index (χ4v) is 0.771. The second-order valence-electron chi connectivity index (χ2n) is 3.02. The molecule has 5 heteroatoms. The van der Waals surface area contributed by atoms with Crippen molar-refractivity contribution in [2.75, 3.05) is 0 Å². The molecule has 12 heavy (non-hydrogen) atoms. The molecular weight excluding hydrogens is 156 g/mol. The summed E-state index contributed by atoms with van der Waals surface area (Å²) in [7, 11) is 0. The Kier molecular flexibility index (Phi) is 2.78. The van der Waals surface area contributed by atoms with E-state index in [0.29, 0.717) is 11.7 Å². The van der Waals surface area contributed by atoms with Crippen LogP contribution in [-0.2, 0) is 6.54 Å². The van der Waals surface area contributed by atoms with E-state index in [1.54, 1.807) is 0 Å². The first kappa shape index (κ1) is 9.15. The van der Waals surface area contributed by atoms with E-state index in [1.807, 2.05) is 13.8 Å². The molecule has 0 saturated carbocycles. The summed E-state index contributed by atoms with van der Waals surface area (Å²) >= 11 is 0. The third kappa shape index (κ3) is 1.80. The minimum atomic E-state index is -0.196. The maximum absolute atomic E-state index is 5.77. The number of rotatable bonds is 3. The van der Waals surface area contributed by atoms with Crippen LogP contribution in [0.15, 0.2) is 4.52 Å². The number of hydrogen-bond donors (Lipinski definition) is 2. The normalized spacial score (nSPS) is 13.8. The van der Waals surface area contributed by atoms with Crippen LogP contribution in [0.25, 0.3) is 0 Å². The van der Waals surface area contributed by atoms with E-state index in [9.17, 15) is 0 Å². The second-order valence-corrected chi connectivity index (χ2v) is 3.02. The third-order valence-corrected chi connectivity index (χ3v) is 1.67. The maximum Gasteiger partial charge on any atom is 0.243 e. The van der Waals surface area contributed by atoms with Gasteiger partial charge in [-0.3, -0.25) is 0 Å². The molecule has 0 fully saturated rings. The average Bonchev–Trinajstić information content (AvgIpc) is 2.50. The molecule has 0 spiro atoms. The van der Waals surface area contributed by atoms with Crippen LogP contribution in [0.1, 0.15) is 31.6 Å². The molecule has 0 aliphatic rings. The highest BCUT2D eigenvalue weighted by Gasteiger charge is 2.17. The Labute approximate surface area is 71.1 Å². The van der Waals surface area contributed by atoms with Gasteiger partial charge in [-0.25, -0.2) is 0 Å². The van der Waals surface area contributed by atoms with E-state index in [4.69, 9.17) is 16.0 Å². The smallest absolute Gasteiger partial charge is 0.243 e. The predicted octanol–water partition coefficient (Wildman–Crippen LogP) is 0.184. The second kappa shape index (κ2) is 3.64. The van der Waals surface area contributed by atoms with Gasteiger partial charge in [0.1, 0.15) is 0 Å². The average molecular weight is 170 g/mol. The van der Waals surface area contributed by atoms with Gasteiger partial charge in [0.05, 0.1) is 12.6 Å². The van der Waals surface area contributed by atoms with Crippen LogP contribution in [-0.4, -0.2) is 10.1 Å². The molecular formula is C7H14N4O. The fourth-order valence-electron chi connectivity index (χ4n) is 0.771. The molecule has 0 radical (unpaired) electrons.